The van der Waals surface area contributed by atoms with Crippen LogP contribution in [0.4, 0.5) is 0 Å². The number of aromatic nitrogens is 1. The molecule has 0 bridgehead atoms. The third-order valence-electron chi connectivity index (χ3n) is 5.35. The molecule has 4 rings (SSSR count). The third-order valence-corrected chi connectivity index (χ3v) is 9.64. The quantitative estimate of drug-likeness (QED) is 0.316. The summed E-state index contributed by atoms with van der Waals surface area (Å²) in [5, 5.41) is 5.29. The van der Waals surface area contributed by atoms with Gasteiger partial charge in [-0.15, -0.1) is 0 Å². The monoisotopic (exact) mass is 402 g/mol. The van der Waals surface area contributed by atoms with Gasteiger partial charge in [0.15, 0.2) is 0 Å². The first kappa shape index (κ1) is 17.3. The fourth-order valence-corrected chi connectivity index (χ4v) is 6.24. The van der Waals surface area contributed by atoms with Crippen LogP contribution in [0, 0.1) is 6.92 Å². The van der Waals surface area contributed by atoms with Crippen molar-refractivity contribution in [2.24, 2.45) is 7.05 Å². The maximum atomic E-state index is 2.46. The Balaban J connectivity index is 2.02. The van der Waals surface area contributed by atoms with Gasteiger partial charge in [-0.3, -0.25) is 0 Å². The van der Waals surface area contributed by atoms with E-state index in [4.69, 9.17) is 0 Å². The van der Waals surface area contributed by atoms with E-state index < -0.39 is 13.3 Å². The predicted molar refractivity (Wildman–Crippen MR) is 116 cm³/mol. The van der Waals surface area contributed by atoms with Gasteiger partial charge >= 0.3 is 159 Å². The molecular formula is C24H26GeN+. The summed E-state index contributed by atoms with van der Waals surface area (Å²) < 4.78 is 3.82. The van der Waals surface area contributed by atoms with E-state index in [1.807, 2.05) is 0 Å². The average Bonchev–Trinajstić information content (AvgIpc) is 2.60. The van der Waals surface area contributed by atoms with Crippen LogP contribution in [-0.2, 0) is 7.05 Å². The number of aryl methyl sites for hydroxylation is 2. The SMILES string of the molecule is Cc1cc2ccccc2cc1-c1c2cc[c]([Ge]([CH3])([CH3])[CH3])cc2cc[n+]1C. The van der Waals surface area contributed by atoms with E-state index >= 15 is 0 Å². The Hall–Kier alpha value is -2.13. The normalized spacial score (nSPS) is 12.0. The second kappa shape index (κ2) is 6.24. The van der Waals surface area contributed by atoms with Crippen molar-refractivity contribution >= 4 is 39.2 Å². The van der Waals surface area contributed by atoms with Gasteiger partial charge < -0.3 is 0 Å². The van der Waals surface area contributed by atoms with E-state index in [9.17, 15) is 0 Å². The molecule has 0 aliphatic carbocycles. The molecule has 0 unspecified atom stereocenters. The summed E-state index contributed by atoms with van der Waals surface area (Å²) in [6, 6.07) is 22.7. The van der Waals surface area contributed by atoms with Crippen LogP contribution in [0.2, 0.25) is 17.3 Å². The van der Waals surface area contributed by atoms with E-state index in [1.165, 1.54) is 38.4 Å². The standard InChI is InChI=1S/C24H26GeN/c1-17-14-18-8-6-7-9-19(18)16-23(17)24-22-11-10-21(25(2,3)4)15-20(22)12-13-26(24)5/h6-16H,1-5H3/q+1. The average molecular weight is 401 g/mol. The van der Waals surface area contributed by atoms with Crippen molar-refractivity contribution < 1.29 is 4.57 Å². The van der Waals surface area contributed by atoms with Gasteiger partial charge in [0.1, 0.15) is 0 Å². The summed E-state index contributed by atoms with van der Waals surface area (Å²) >= 11 is -1.83. The van der Waals surface area contributed by atoms with Gasteiger partial charge in [-0.1, -0.05) is 0 Å². The molecule has 4 aromatic rings. The molecule has 0 spiro atoms. The number of rotatable bonds is 2. The fraction of sp³-hybridized carbons (Fsp3) is 0.208. The van der Waals surface area contributed by atoms with Gasteiger partial charge in [-0.05, 0) is 0 Å². The fourth-order valence-electron chi connectivity index (χ4n) is 3.78. The zero-order valence-corrected chi connectivity index (χ0v) is 18.4. The van der Waals surface area contributed by atoms with Crippen molar-refractivity contribution in [1.82, 2.24) is 0 Å². The molecule has 130 valence electrons. The van der Waals surface area contributed by atoms with Crippen LogP contribution in [0.15, 0.2) is 66.9 Å². The number of benzene rings is 3. The summed E-state index contributed by atoms with van der Waals surface area (Å²) in [5.74, 6) is 7.37. The molecule has 1 heterocycles. The third kappa shape index (κ3) is 2.95. The summed E-state index contributed by atoms with van der Waals surface area (Å²) in [4.78, 5) is 0. The van der Waals surface area contributed by atoms with Crippen LogP contribution in [0.3, 0.4) is 0 Å². The van der Waals surface area contributed by atoms with Crippen LogP contribution in [0.25, 0.3) is 32.8 Å². The van der Waals surface area contributed by atoms with E-state index in [0.717, 1.165) is 0 Å². The molecule has 0 fully saturated rings. The van der Waals surface area contributed by atoms with Crippen molar-refractivity contribution in [2.45, 2.75) is 24.2 Å². The van der Waals surface area contributed by atoms with Crippen LogP contribution < -0.4 is 8.96 Å². The Kier molecular flexibility index (Phi) is 4.15. The van der Waals surface area contributed by atoms with E-state index in [2.05, 4.69) is 103 Å². The second-order valence-corrected chi connectivity index (χ2v) is 19.0. The molecule has 2 heteroatoms. The minimum absolute atomic E-state index is 1.30. The molecule has 0 N–H and O–H groups in total. The van der Waals surface area contributed by atoms with Crippen molar-refractivity contribution in [1.29, 1.82) is 0 Å². The number of fused-ring (bicyclic) bond motifs is 2. The zero-order chi connectivity index (χ0) is 18.5. The van der Waals surface area contributed by atoms with Gasteiger partial charge in [-0.2, -0.15) is 0 Å². The Labute approximate surface area is 158 Å². The van der Waals surface area contributed by atoms with Gasteiger partial charge in [-0.25, -0.2) is 0 Å². The number of hydrogen-bond acceptors (Lipinski definition) is 0. The maximum absolute atomic E-state index is 2.46. The number of nitrogens with zero attached hydrogens (tertiary/aromatic N) is 1. The molecule has 3 aromatic carbocycles. The van der Waals surface area contributed by atoms with Crippen molar-refractivity contribution in [3.63, 3.8) is 0 Å². The van der Waals surface area contributed by atoms with Crippen LogP contribution in [0.1, 0.15) is 5.56 Å². The Morgan fingerprint density at radius 2 is 1.46 bits per heavy atom. The molecule has 1 aromatic heterocycles. The second-order valence-electron chi connectivity index (χ2n) is 8.34. The molecular weight excluding hydrogens is 375 g/mol. The predicted octanol–water partition coefficient (Wildman–Crippen LogP) is 5.34. The van der Waals surface area contributed by atoms with Crippen LogP contribution in [0.5, 0.6) is 0 Å². The zero-order valence-electron chi connectivity index (χ0n) is 16.3. The first-order chi connectivity index (χ1) is 12.3. The summed E-state index contributed by atoms with van der Waals surface area (Å²) in [5.41, 5.74) is 3.95. The topological polar surface area (TPSA) is 3.88 Å². The molecule has 0 radical (unpaired) electrons. The van der Waals surface area contributed by atoms with Crippen molar-refractivity contribution in [2.75, 3.05) is 0 Å². The Bertz CT molecular complexity index is 1140. The Morgan fingerprint density at radius 1 is 0.769 bits per heavy atom. The summed E-state index contributed by atoms with van der Waals surface area (Å²) in [6.45, 7) is 2.22. The first-order valence-electron chi connectivity index (χ1n) is 9.27. The molecule has 0 amide bonds. The molecule has 0 atom stereocenters. The van der Waals surface area contributed by atoms with Crippen molar-refractivity contribution in [3.05, 3.63) is 72.4 Å². The van der Waals surface area contributed by atoms with Gasteiger partial charge in [0, 0.05) is 0 Å². The van der Waals surface area contributed by atoms with Gasteiger partial charge in [0.25, 0.3) is 0 Å². The number of hydrogen-bond donors (Lipinski definition) is 0. The van der Waals surface area contributed by atoms with Crippen LogP contribution >= 0.6 is 0 Å². The minimum atomic E-state index is -1.83. The molecule has 26 heavy (non-hydrogen) atoms. The molecule has 0 saturated heterocycles. The first-order valence-corrected chi connectivity index (χ1v) is 16.6. The van der Waals surface area contributed by atoms with Gasteiger partial charge in [0.2, 0.25) is 0 Å². The van der Waals surface area contributed by atoms with E-state index in [0.29, 0.717) is 0 Å². The molecule has 0 aliphatic rings. The van der Waals surface area contributed by atoms with E-state index in [1.54, 1.807) is 4.40 Å². The Morgan fingerprint density at radius 3 is 2.15 bits per heavy atom. The number of pyridine rings is 1. The summed E-state index contributed by atoms with van der Waals surface area (Å²) in [6.07, 6.45) is 2.20. The van der Waals surface area contributed by atoms with Crippen molar-refractivity contribution in [3.8, 4) is 11.3 Å². The molecule has 0 aliphatic heterocycles. The van der Waals surface area contributed by atoms with Gasteiger partial charge in [0.05, 0.1) is 0 Å². The van der Waals surface area contributed by atoms with E-state index in [-0.39, 0.29) is 0 Å². The molecule has 0 saturated carbocycles. The summed E-state index contributed by atoms with van der Waals surface area (Å²) in [7, 11) is 2.15. The molecule has 1 nitrogen and oxygen atoms in total. The van der Waals surface area contributed by atoms with Crippen LogP contribution in [-0.4, -0.2) is 13.3 Å².